The Morgan fingerprint density at radius 3 is 2.24 bits per heavy atom. The molecule has 25 heavy (non-hydrogen) atoms. The van der Waals surface area contributed by atoms with Gasteiger partial charge in [-0.3, -0.25) is 0 Å². The fourth-order valence-electron chi connectivity index (χ4n) is 2.63. The van der Waals surface area contributed by atoms with Gasteiger partial charge in [0, 0.05) is 11.3 Å². The monoisotopic (exact) mass is 346 g/mol. The standard InChI is InChI=1S/C21H15FN2S/c22-20-18(23-16-10-5-2-6-11-16)14-17(15-8-3-1-4-9-15)24-21(20)19-12-7-13-25-19/h1-14H,(H,23,24). The molecule has 2 nitrogen and oxygen atoms in total. The van der Waals surface area contributed by atoms with Gasteiger partial charge in [-0.25, -0.2) is 9.37 Å². The molecule has 0 aliphatic rings. The smallest absolute Gasteiger partial charge is 0.173 e. The molecule has 2 heterocycles. The first kappa shape index (κ1) is 15.5. The molecule has 2 aromatic carbocycles. The maximum Gasteiger partial charge on any atom is 0.173 e. The highest BCUT2D eigenvalue weighted by Gasteiger charge is 2.16. The van der Waals surface area contributed by atoms with Crippen LogP contribution in [0.5, 0.6) is 0 Å². The van der Waals surface area contributed by atoms with Crippen LogP contribution in [0.2, 0.25) is 0 Å². The zero-order chi connectivity index (χ0) is 17.1. The van der Waals surface area contributed by atoms with Gasteiger partial charge in [0.05, 0.1) is 16.3 Å². The van der Waals surface area contributed by atoms with Gasteiger partial charge < -0.3 is 5.32 Å². The van der Waals surface area contributed by atoms with E-state index in [0.717, 1.165) is 21.8 Å². The molecule has 0 aliphatic carbocycles. The molecule has 1 N–H and O–H groups in total. The third-order valence-electron chi connectivity index (χ3n) is 3.83. The number of benzene rings is 2. The molecule has 0 aliphatic heterocycles. The van der Waals surface area contributed by atoms with Crippen LogP contribution in [0.1, 0.15) is 0 Å². The fourth-order valence-corrected chi connectivity index (χ4v) is 3.34. The van der Waals surface area contributed by atoms with Crippen molar-refractivity contribution in [2.24, 2.45) is 0 Å². The average molecular weight is 346 g/mol. The molecule has 122 valence electrons. The Hall–Kier alpha value is -2.98. The molecule has 0 saturated heterocycles. The van der Waals surface area contributed by atoms with Crippen LogP contribution >= 0.6 is 11.3 Å². The number of anilines is 2. The van der Waals surface area contributed by atoms with E-state index in [2.05, 4.69) is 10.3 Å². The van der Waals surface area contributed by atoms with E-state index in [-0.39, 0.29) is 5.82 Å². The molecule has 0 atom stereocenters. The fraction of sp³-hybridized carbons (Fsp3) is 0. The van der Waals surface area contributed by atoms with Crippen LogP contribution in [0.4, 0.5) is 15.8 Å². The Kier molecular flexibility index (Phi) is 4.27. The Balaban J connectivity index is 1.86. The molecule has 0 radical (unpaired) electrons. The Labute approximate surface area is 149 Å². The van der Waals surface area contributed by atoms with Crippen molar-refractivity contribution in [2.75, 3.05) is 5.32 Å². The third kappa shape index (κ3) is 3.30. The summed E-state index contributed by atoms with van der Waals surface area (Å²) in [5.74, 6) is -0.342. The highest BCUT2D eigenvalue weighted by atomic mass is 32.1. The second kappa shape index (κ2) is 6.87. The summed E-state index contributed by atoms with van der Waals surface area (Å²) >= 11 is 1.48. The van der Waals surface area contributed by atoms with Crippen molar-refractivity contribution in [2.45, 2.75) is 0 Å². The Morgan fingerprint density at radius 2 is 1.56 bits per heavy atom. The molecular formula is C21H15FN2S. The van der Waals surface area contributed by atoms with Crippen LogP contribution in [0.25, 0.3) is 21.8 Å². The van der Waals surface area contributed by atoms with Crippen molar-refractivity contribution in [3.05, 3.63) is 90.1 Å². The number of para-hydroxylation sites is 1. The number of hydrogen-bond donors (Lipinski definition) is 1. The first-order valence-corrected chi connectivity index (χ1v) is 8.81. The number of hydrogen-bond acceptors (Lipinski definition) is 3. The van der Waals surface area contributed by atoms with Crippen molar-refractivity contribution in [3.8, 4) is 21.8 Å². The minimum Gasteiger partial charge on any atom is -0.353 e. The molecule has 4 heteroatoms. The zero-order valence-electron chi connectivity index (χ0n) is 13.3. The van der Waals surface area contributed by atoms with Gasteiger partial charge in [0.15, 0.2) is 5.82 Å². The highest BCUT2D eigenvalue weighted by molar-refractivity contribution is 7.13. The lowest BCUT2D eigenvalue weighted by Gasteiger charge is -2.13. The second-order valence-corrected chi connectivity index (χ2v) is 6.50. The highest BCUT2D eigenvalue weighted by Crippen LogP contribution is 2.34. The number of pyridine rings is 1. The van der Waals surface area contributed by atoms with Gasteiger partial charge in [-0.2, -0.15) is 0 Å². The molecule has 2 aromatic heterocycles. The van der Waals surface area contributed by atoms with E-state index in [4.69, 9.17) is 0 Å². The van der Waals surface area contributed by atoms with E-state index < -0.39 is 0 Å². The van der Waals surface area contributed by atoms with Crippen LogP contribution in [0, 0.1) is 5.82 Å². The SMILES string of the molecule is Fc1c(Nc2ccccc2)cc(-c2ccccc2)nc1-c1cccs1. The average Bonchev–Trinajstić information content (AvgIpc) is 3.19. The zero-order valence-corrected chi connectivity index (χ0v) is 14.1. The summed E-state index contributed by atoms with van der Waals surface area (Å²) in [6, 6.07) is 24.9. The molecule has 0 amide bonds. The van der Waals surface area contributed by atoms with Crippen molar-refractivity contribution in [3.63, 3.8) is 0 Å². The molecule has 4 rings (SSSR count). The number of nitrogens with one attached hydrogen (secondary N) is 1. The van der Waals surface area contributed by atoms with E-state index in [1.807, 2.05) is 78.2 Å². The van der Waals surface area contributed by atoms with Gasteiger partial charge in [-0.15, -0.1) is 11.3 Å². The normalized spacial score (nSPS) is 10.6. The molecule has 4 aromatic rings. The molecule has 0 spiro atoms. The topological polar surface area (TPSA) is 24.9 Å². The summed E-state index contributed by atoms with van der Waals surface area (Å²) in [7, 11) is 0. The number of thiophene rings is 1. The van der Waals surface area contributed by atoms with Gasteiger partial charge in [-0.1, -0.05) is 54.6 Å². The van der Waals surface area contributed by atoms with Crippen LogP contribution < -0.4 is 5.32 Å². The van der Waals surface area contributed by atoms with Gasteiger partial charge in [0.25, 0.3) is 0 Å². The molecule has 0 fully saturated rings. The number of rotatable bonds is 4. The summed E-state index contributed by atoms with van der Waals surface area (Å²) in [6.07, 6.45) is 0. The maximum absolute atomic E-state index is 15.1. The Bertz CT molecular complexity index is 968. The largest absolute Gasteiger partial charge is 0.353 e. The molecule has 0 saturated carbocycles. The van der Waals surface area contributed by atoms with Crippen LogP contribution in [0.3, 0.4) is 0 Å². The van der Waals surface area contributed by atoms with Crippen LogP contribution in [-0.4, -0.2) is 4.98 Å². The lowest BCUT2D eigenvalue weighted by atomic mass is 10.1. The Morgan fingerprint density at radius 1 is 0.840 bits per heavy atom. The number of nitrogens with zero attached hydrogens (tertiary/aromatic N) is 1. The van der Waals surface area contributed by atoms with E-state index in [1.165, 1.54) is 11.3 Å². The lowest BCUT2D eigenvalue weighted by Crippen LogP contribution is -1.99. The number of halogens is 1. The summed E-state index contributed by atoms with van der Waals surface area (Å²) < 4.78 is 15.1. The van der Waals surface area contributed by atoms with E-state index in [9.17, 15) is 0 Å². The van der Waals surface area contributed by atoms with Gasteiger partial charge in [-0.05, 0) is 29.6 Å². The summed E-state index contributed by atoms with van der Waals surface area (Å²) in [4.78, 5) is 5.39. The summed E-state index contributed by atoms with van der Waals surface area (Å²) in [6.45, 7) is 0. The van der Waals surface area contributed by atoms with Crippen LogP contribution in [-0.2, 0) is 0 Å². The minimum absolute atomic E-state index is 0.342. The minimum atomic E-state index is -0.342. The predicted octanol–water partition coefficient (Wildman–Crippen LogP) is 6.36. The first-order chi connectivity index (χ1) is 12.3. The lowest BCUT2D eigenvalue weighted by molar-refractivity contribution is 0.630. The van der Waals surface area contributed by atoms with E-state index in [0.29, 0.717) is 11.4 Å². The van der Waals surface area contributed by atoms with E-state index in [1.54, 1.807) is 6.07 Å². The third-order valence-corrected chi connectivity index (χ3v) is 4.71. The van der Waals surface area contributed by atoms with Crippen molar-refractivity contribution in [1.82, 2.24) is 4.98 Å². The van der Waals surface area contributed by atoms with Crippen molar-refractivity contribution >= 4 is 22.7 Å². The predicted molar refractivity (Wildman–Crippen MR) is 103 cm³/mol. The van der Waals surface area contributed by atoms with Gasteiger partial charge in [0.1, 0.15) is 5.69 Å². The van der Waals surface area contributed by atoms with Gasteiger partial charge in [0.2, 0.25) is 0 Å². The number of aromatic nitrogens is 1. The van der Waals surface area contributed by atoms with E-state index >= 15 is 4.39 Å². The summed E-state index contributed by atoms with van der Waals surface area (Å²) in [5, 5.41) is 5.10. The van der Waals surface area contributed by atoms with Crippen LogP contribution in [0.15, 0.2) is 84.2 Å². The van der Waals surface area contributed by atoms with Gasteiger partial charge >= 0.3 is 0 Å². The maximum atomic E-state index is 15.1. The van der Waals surface area contributed by atoms with Crippen molar-refractivity contribution in [1.29, 1.82) is 0 Å². The quantitative estimate of drug-likeness (QED) is 0.465. The molecular weight excluding hydrogens is 331 g/mol. The molecule has 0 bridgehead atoms. The molecule has 0 unspecified atom stereocenters. The first-order valence-electron chi connectivity index (χ1n) is 7.93. The summed E-state index contributed by atoms with van der Waals surface area (Å²) in [5.41, 5.74) is 3.32. The van der Waals surface area contributed by atoms with Crippen molar-refractivity contribution < 1.29 is 4.39 Å². The second-order valence-electron chi connectivity index (χ2n) is 5.55.